The summed E-state index contributed by atoms with van der Waals surface area (Å²) >= 11 is 0. The van der Waals surface area contributed by atoms with Gasteiger partial charge in [-0.2, -0.15) is 0 Å². The summed E-state index contributed by atoms with van der Waals surface area (Å²) in [6.07, 6.45) is 5.51. The first-order chi connectivity index (χ1) is 8.54. The predicted octanol–water partition coefficient (Wildman–Crippen LogP) is 2.38. The summed E-state index contributed by atoms with van der Waals surface area (Å²) in [5, 5.41) is 3.35. The molecule has 0 bridgehead atoms. The molecule has 1 aromatic heterocycles. The van der Waals surface area contributed by atoms with E-state index in [0.29, 0.717) is 12.1 Å². The van der Waals surface area contributed by atoms with Gasteiger partial charge in [-0.15, -0.1) is 6.58 Å². The molecule has 0 fully saturated rings. The molecule has 0 unspecified atom stereocenters. The van der Waals surface area contributed by atoms with E-state index < -0.39 is 0 Å². The van der Waals surface area contributed by atoms with Crippen molar-refractivity contribution in [1.82, 2.24) is 15.3 Å². The molecule has 100 valence electrons. The smallest absolute Gasteiger partial charge is 0.147 e. The third-order valence-electron chi connectivity index (χ3n) is 2.61. The van der Waals surface area contributed by atoms with E-state index in [2.05, 4.69) is 54.5 Å². The van der Waals surface area contributed by atoms with Crippen LogP contribution in [0.15, 0.2) is 25.0 Å². The Bertz CT molecular complexity index is 374. The molecule has 0 saturated carbocycles. The Morgan fingerprint density at radius 1 is 1.33 bits per heavy atom. The second-order valence-electron chi connectivity index (χ2n) is 4.94. The van der Waals surface area contributed by atoms with E-state index in [1.165, 1.54) is 0 Å². The van der Waals surface area contributed by atoms with Crippen molar-refractivity contribution in [2.45, 2.75) is 46.3 Å². The Hall–Kier alpha value is -1.42. The van der Waals surface area contributed by atoms with E-state index in [9.17, 15) is 0 Å². The van der Waals surface area contributed by atoms with E-state index >= 15 is 0 Å². The molecule has 0 aromatic carbocycles. The van der Waals surface area contributed by atoms with E-state index in [-0.39, 0.29) is 0 Å². The van der Waals surface area contributed by atoms with Crippen molar-refractivity contribution < 1.29 is 0 Å². The molecule has 0 aliphatic carbocycles. The molecule has 0 radical (unpaired) electrons. The fourth-order valence-electron chi connectivity index (χ4n) is 1.64. The number of aromatic nitrogens is 2. The fourth-order valence-corrected chi connectivity index (χ4v) is 1.64. The zero-order valence-electron chi connectivity index (χ0n) is 11.8. The molecule has 0 spiro atoms. The van der Waals surface area contributed by atoms with Crippen molar-refractivity contribution in [2.75, 3.05) is 11.4 Å². The molecule has 0 amide bonds. The predicted molar refractivity (Wildman–Crippen MR) is 76.7 cm³/mol. The van der Waals surface area contributed by atoms with Crippen molar-refractivity contribution in [2.24, 2.45) is 0 Å². The molecular formula is C14H24N4. The zero-order valence-corrected chi connectivity index (χ0v) is 11.8. The van der Waals surface area contributed by atoms with Crippen LogP contribution in [0, 0.1) is 0 Å². The Balaban J connectivity index is 2.81. The van der Waals surface area contributed by atoms with Gasteiger partial charge in [-0.1, -0.05) is 19.9 Å². The van der Waals surface area contributed by atoms with E-state index in [1.807, 2.05) is 18.5 Å². The number of rotatable bonds is 7. The third-order valence-corrected chi connectivity index (χ3v) is 2.61. The van der Waals surface area contributed by atoms with Gasteiger partial charge in [-0.3, -0.25) is 4.98 Å². The average Bonchev–Trinajstić information content (AvgIpc) is 2.33. The van der Waals surface area contributed by atoms with Gasteiger partial charge in [0.05, 0.1) is 11.9 Å². The summed E-state index contributed by atoms with van der Waals surface area (Å²) in [4.78, 5) is 11.1. The lowest BCUT2D eigenvalue weighted by atomic mass is 10.3. The normalized spacial score (nSPS) is 11.0. The van der Waals surface area contributed by atoms with Gasteiger partial charge in [0.25, 0.3) is 0 Å². The van der Waals surface area contributed by atoms with Crippen LogP contribution < -0.4 is 10.2 Å². The van der Waals surface area contributed by atoms with Crippen molar-refractivity contribution >= 4 is 5.82 Å². The Morgan fingerprint density at radius 3 is 2.61 bits per heavy atom. The summed E-state index contributed by atoms with van der Waals surface area (Å²) in [5.74, 6) is 0.910. The highest BCUT2D eigenvalue weighted by atomic mass is 15.2. The molecular weight excluding hydrogens is 224 g/mol. The quantitative estimate of drug-likeness (QED) is 0.752. The topological polar surface area (TPSA) is 41.1 Å². The van der Waals surface area contributed by atoms with Gasteiger partial charge in [0, 0.05) is 31.4 Å². The summed E-state index contributed by atoms with van der Waals surface area (Å²) in [5.41, 5.74) is 0.968. The molecule has 0 aliphatic rings. The lowest BCUT2D eigenvalue weighted by Gasteiger charge is -2.26. The van der Waals surface area contributed by atoms with Crippen LogP contribution in [0.25, 0.3) is 0 Å². The Morgan fingerprint density at radius 2 is 2.06 bits per heavy atom. The minimum Gasteiger partial charge on any atom is -0.349 e. The second kappa shape index (κ2) is 7.11. The van der Waals surface area contributed by atoms with Gasteiger partial charge in [0.2, 0.25) is 0 Å². The molecule has 0 aliphatic heterocycles. The zero-order chi connectivity index (χ0) is 13.5. The highest BCUT2D eigenvalue weighted by molar-refractivity contribution is 5.38. The monoisotopic (exact) mass is 248 g/mol. The lowest BCUT2D eigenvalue weighted by molar-refractivity contribution is 0.579. The summed E-state index contributed by atoms with van der Waals surface area (Å²) in [6, 6.07) is 0.829. The second-order valence-corrected chi connectivity index (χ2v) is 4.94. The number of anilines is 1. The lowest BCUT2D eigenvalue weighted by Crippen LogP contribution is -2.32. The van der Waals surface area contributed by atoms with Gasteiger partial charge in [-0.25, -0.2) is 4.98 Å². The van der Waals surface area contributed by atoms with Gasteiger partial charge in [0.1, 0.15) is 5.82 Å². The Kier molecular flexibility index (Phi) is 5.78. The van der Waals surface area contributed by atoms with Crippen LogP contribution >= 0.6 is 0 Å². The third kappa shape index (κ3) is 4.45. The Labute approximate surface area is 110 Å². The molecule has 18 heavy (non-hydrogen) atoms. The van der Waals surface area contributed by atoms with Crippen LogP contribution in [0.1, 0.15) is 33.4 Å². The molecule has 1 heterocycles. The summed E-state index contributed by atoms with van der Waals surface area (Å²) in [7, 11) is 0. The first-order valence-electron chi connectivity index (χ1n) is 6.46. The van der Waals surface area contributed by atoms with Crippen LogP contribution in [0.5, 0.6) is 0 Å². The minimum atomic E-state index is 0.380. The number of hydrogen-bond acceptors (Lipinski definition) is 4. The molecule has 4 nitrogen and oxygen atoms in total. The van der Waals surface area contributed by atoms with Crippen LogP contribution in [-0.4, -0.2) is 28.6 Å². The van der Waals surface area contributed by atoms with Gasteiger partial charge < -0.3 is 10.2 Å². The van der Waals surface area contributed by atoms with Crippen LogP contribution in [0.2, 0.25) is 0 Å². The summed E-state index contributed by atoms with van der Waals surface area (Å²) < 4.78 is 0. The molecule has 1 rings (SSSR count). The molecule has 0 saturated heterocycles. The number of nitrogens with one attached hydrogen (secondary N) is 1. The van der Waals surface area contributed by atoms with Gasteiger partial charge in [-0.05, 0) is 13.8 Å². The fraction of sp³-hybridized carbons (Fsp3) is 0.571. The molecule has 1 N–H and O–H groups in total. The van der Waals surface area contributed by atoms with Crippen molar-refractivity contribution in [3.05, 3.63) is 30.7 Å². The van der Waals surface area contributed by atoms with Gasteiger partial charge >= 0.3 is 0 Å². The maximum absolute atomic E-state index is 4.64. The standard InChI is InChI=1S/C14H24N4/c1-6-7-18(12(4)5)14-10-15-8-13(17-14)9-16-11(2)3/h6,8,10-12,16H,1,7,9H2,2-5H3. The van der Waals surface area contributed by atoms with E-state index in [0.717, 1.165) is 24.6 Å². The van der Waals surface area contributed by atoms with Crippen LogP contribution in [-0.2, 0) is 6.54 Å². The average molecular weight is 248 g/mol. The molecule has 1 aromatic rings. The molecule has 4 heteroatoms. The maximum atomic E-state index is 4.64. The van der Waals surface area contributed by atoms with Crippen molar-refractivity contribution in [3.8, 4) is 0 Å². The SMILES string of the molecule is C=CCN(c1cncc(CNC(C)C)n1)C(C)C. The molecule has 0 atom stereocenters. The number of hydrogen-bond donors (Lipinski definition) is 1. The van der Waals surface area contributed by atoms with Crippen LogP contribution in [0.4, 0.5) is 5.82 Å². The first kappa shape index (κ1) is 14.6. The highest BCUT2D eigenvalue weighted by Gasteiger charge is 2.11. The van der Waals surface area contributed by atoms with Crippen molar-refractivity contribution in [1.29, 1.82) is 0 Å². The first-order valence-corrected chi connectivity index (χ1v) is 6.46. The van der Waals surface area contributed by atoms with Gasteiger partial charge in [0.15, 0.2) is 0 Å². The maximum Gasteiger partial charge on any atom is 0.147 e. The summed E-state index contributed by atoms with van der Waals surface area (Å²) in [6.45, 7) is 13.8. The van der Waals surface area contributed by atoms with E-state index in [1.54, 1.807) is 0 Å². The highest BCUT2D eigenvalue weighted by Crippen LogP contribution is 2.13. The van der Waals surface area contributed by atoms with Crippen LogP contribution in [0.3, 0.4) is 0 Å². The van der Waals surface area contributed by atoms with Crippen molar-refractivity contribution in [3.63, 3.8) is 0 Å². The minimum absolute atomic E-state index is 0.380. The van der Waals surface area contributed by atoms with E-state index in [4.69, 9.17) is 0 Å². The number of nitrogens with zero attached hydrogens (tertiary/aromatic N) is 3. The largest absolute Gasteiger partial charge is 0.349 e.